The topological polar surface area (TPSA) is 32.7 Å². The number of benzene rings is 1. The van der Waals surface area contributed by atoms with Crippen molar-refractivity contribution < 1.29 is 4.79 Å². The molecule has 3 nitrogen and oxygen atoms in total. The van der Waals surface area contributed by atoms with Gasteiger partial charge < -0.3 is 4.90 Å². The molecule has 2 aliphatic rings. The summed E-state index contributed by atoms with van der Waals surface area (Å²) >= 11 is -0.406. The number of Topliss-reactive ketones (excluding diaryl/α,β-unsaturated/α-hetero) is 1. The van der Waals surface area contributed by atoms with Gasteiger partial charge in [0.05, 0.1) is 0 Å². The van der Waals surface area contributed by atoms with E-state index in [1.807, 2.05) is 13.1 Å². The van der Waals surface area contributed by atoms with Crippen molar-refractivity contribution in [1.82, 2.24) is 4.90 Å². The van der Waals surface area contributed by atoms with E-state index in [0.29, 0.717) is 24.0 Å². The molecule has 1 aliphatic heterocycles. The minimum atomic E-state index is -0.406. The second-order valence-corrected chi connectivity index (χ2v) is 9.95. The Hall–Kier alpha value is -1.56. The Bertz CT molecular complexity index is 835. The maximum Gasteiger partial charge on any atom is 0.161 e. The van der Waals surface area contributed by atoms with Crippen LogP contribution in [0.5, 0.6) is 0 Å². The maximum absolute atomic E-state index is 13.3. The number of allylic oxidation sites excluding steroid dienone is 3. The summed E-state index contributed by atoms with van der Waals surface area (Å²) in [6, 6.07) is 10.6. The lowest BCUT2D eigenvalue weighted by Gasteiger charge is -2.41. The van der Waals surface area contributed by atoms with Crippen molar-refractivity contribution >= 4 is 37.2 Å². The summed E-state index contributed by atoms with van der Waals surface area (Å²) in [4.78, 5) is 20.2. The smallest absolute Gasteiger partial charge is 0.161 e. The number of nitrogens with zero attached hydrogens (tertiary/aromatic N) is 2. The summed E-state index contributed by atoms with van der Waals surface area (Å²) in [5, 5.41) is 0. The average Bonchev–Trinajstić information content (AvgIpc) is 2.69. The Morgan fingerprint density at radius 1 is 1.29 bits per heavy atom. The fourth-order valence-electron chi connectivity index (χ4n) is 4.34. The minimum Gasteiger partial charge on any atom is -0.332 e. The SMILES string of the molecule is C=IC1=C(/N=C\C)N(C)C2=C(C(=O)C[C@@H](C(C)C)C2)[C@H]1CCc1ccccc1. The van der Waals surface area contributed by atoms with Crippen molar-refractivity contribution in [2.75, 3.05) is 7.05 Å². The molecule has 1 aromatic carbocycles. The van der Waals surface area contributed by atoms with Gasteiger partial charge in [0.15, 0.2) is 5.78 Å². The van der Waals surface area contributed by atoms with Crippen LogP contribution in [-0.4, -0.2) is 28.5 Å². The van der Waals surface area contributed by atoms with E-state index in [4.69, 9.17) is 4.99 Å². The zero-order valence-corrected chi connectivity index (χ0v) is 19.6. The molecule has 0 fully saturated rings. The second-order valence-electron chi connectivity index (χ2n) is 8.02. The minimum absolute atomic E-state index is 0.177. The van der Waals surface area contributed by atoms with Gasteiger partial charge in [0, 0.05) is 40.5 Å². The standard InChI is InChI=1S/C24H31IN2O/c1-6-26-24-23(25-4)19(13-12-17-10-8-7-9-11-17)22-20(27(24)5)14-18(16(2)3)15-21(22)28/h6-11,16,18-19H,4,12-15H2,1-3,5H3/b26-6-/t18-,19+/m0/s1. The third-order valence-corrected chi connectivity index (χ3v) is 8.06. The first kappa shape index (κ1) is 21.2. The highest BCUT2D eigenvalue weighted by atomic mass is 127. The van der Waals surface area contributed by atoms with Crippen LogP contribution >= 0.6 is 20.7 Å². The van der Waals surface area contributed by atoms with Crippen LogP contribution in [0.2, 0.25) is 0 Å². The molecule has 0 bridgehead atoms. The van der Waals surface area contributed by atoms with Crippen molar-refractivity contribution in [3.63, 3.8) is 0 Å². The van der Waals surface area contributed by atoms with Crippen molar-refractivity contribution in [2.24, 2.45) is 22.7 Å². The number of aliphatic imine (C=N–C) groups is 1. The van der Waals surface area contributed by atoms with E-state index in [-0.39, 0.29) is 5.92 Å². The number of aryl methyl sites for hydroxylation is 1. The fraction of sp³-hybridized carbons (Fsp3) is 0.458. The van der Waals surface area contributed by atoms with Crippen molar-refractivity contribution in [2.45, 2.75) is 46.5 Å². The van der Waals surface area contributed by atoms with Gasteiger partial charge in [-0.25, -0.2) is 4.99 Å². The molecule has 0 spiro atoms. The number of carbonyl (C=O) groups excluding carboxylic acids is 1. The monoisotopic (exact) mass is 490 g/mol. The molecule has 0 saturated carbocycles. The predicted octanol–water partition coefficient (Wildman–Crippen LogP) is 5.73. The number of hydrogen-bond acceptors (Lipinski definition) is 3. The average molecular weight is 490 g/mol. The molecule has 4 heteroatoms. The highest BCUT2D eigenvalue weighted by Gasteiger charge is 2.40. The first-order valence-corrected chi connectivity index (χ1v) is 12.7. The lowest BCUT2D eigenvalue weighted by atomic mass is 9.74. The van der Waals surface area contributed by atoms with Gasteiger partial charge in [0.25, 0.3) is 0 Å². The van der Waals surface area contributed by atoms with Crippen LogP contribution in [0.3, 0.4) is 0 Å². The van der Waals surface area contributed by atoms with Gasteiger partial charge in [-0.15, -0.1) is 0 Å². The summed E-state index contributed by atoms with van der Waals surface area (Å²) in [7, 11) is 2.08. The molecule has 0 amide bonds. The fourth-order valence-corrected chi connectivity index (χ4v) is 6.34. The van der Waals surface area contributed by atoms with Crippen LogP contribution in [0.4, 0.5) is 0 Å². The largest absolute Gasteiger partial charge is 0.332 e. The molecule has 1 aromatic rings. The molecule has 1 aliphatic carbocycles. The lowest BCUT2D eigenvalue weighted by molar-refractivity contribution is -0.118. The van der Waals surface area contributed by atoms with E-state index in [2.05, 4.69) is 60.6 Å². The summed E-state index contributed by atoms with van der Waals surface area (Å²) < 4.78 is 5.62. The Kier molecular flexibility index (Phi) is 7.02. The van der Waals surface area contributed by atoms with Gasteiger partial charge in [-0.2, -0.15) is 0 Å². The molecule has 0 N–H and O–H groups in total. The third kappa shape index (κ3) is 4.22. The molecule has 0 aromatic heterocycles. The van der Waals surface area contributed by atoms with E-state index in [1.54, 1.807) is 0 Å². The third-order valence-electron chi connectivity index (χ3n) is 6.01. The van der Waals surface area contributed by atoms with E-state index in [1.165, 1.54) is 14.8 Å². The molecule has 0 unspecified atom stereocenters. The van der Waals surface area contributed by atoms with E-state index < -0.39 is 20.7 Å². The highest BCUT2D eigenvalue weighted by molar-refractivity contribution is 14.2. The molecule has 0 radical (unpaired) electrons. The van der Waals surface area contributed by atoms with Gasteiger partial charge >= 0.3 is 0 Å². The van der Waals surface area contributed by atoms with E-state index in [0.717, 1.165) is 30.7 Å². The molecular formula is C24H31IN2O. The van der Waals surface area contributed by atoms with Gasteiger partial charge in [-0.3, -0.25) is 4.79 Å². The van der Waals surface area contributed by atoms with Crippen LogP contribution < -0.4 is 0 Å². The Balaban J connectivity index is 2.03. The summed E-state index contributed by atoms with van der Waals surface area (Å²) in [6.45, 7) is 6.42. The molecule has 3 rings (SSSR count). The van der Waals surface area contributed by atoms with Crippen molar-refractivity contribution in [3.8, 4) is 0 Å². The molecule has 0 saturated heterocycles. The molecule has 150 valence electrons. The van der Waals surface area contributed by atoms with Crippen LogP contribution in [0.1, 0.15) is 45.6 Å². The lowest BCUT2D eigenvalue weighted by Crippen LogP contribution is -2.36. The summed E-state index contributed by atoms with van der Waals surface area (Å²) in [6.07, 6.45) is 5.46. The quantitative estimate of drug-likeness (QED) is 0.377. The number of rotatable bonds is 6. The number of carbonyl (C=O) groups is 1. The van der Waals surface area contributed by atoms with Crippen molar-refractivity contribution in [3.05, 3.63) is 56.6 Å². The zero-order valence-electron chi connectivity index (χ0n) is 17.4. The van der Waals surface area contributed by atoms with Crippen LogP contribution in [0.15, 0.2) is 56.0 Å². The summed E-state index contributed by atoms with van der Waals surface area (Å²) in [5.41, 5.74) is 3.59. The predicted molar refractivity (Wildman–Crippen MR) is 128 cm³/mol. The first-order chi connectivity index (χ1) is 13.5. The number of ketones is 1. The molecule has 28 heavy (non-hydrogen) atoms. The number of hydrogen-bond donors (Lipinski definition) is 0. The highest BCUT2D eigenvalue weighted by Crippen LogP contribution is 2.48. The van der Waals surface area contributed by atoms with E-state index in [9.17, 15) is 4.79 Å². The van der Waals surface area contributed by atoms with Gasteiger partial charge in [0.1, 0.15) is 5.82 Å². The summed E-state index contributed by atoms with van der Waals surface area (Å²) in [5.74, 6) is 2.50. The van der Waals surface area contributed by atoms with Crippen LogP contribution in [-0.2, 0) is 11.2 Å². The van der Waals surface area contributed by atoms with Crippen LogP contribution in [0.25, 0.3) is 0 Å². The van der Waals surface area contributed by atoms with Gasteiger partial charge in [-0.05, 0) is 43.6 Å². The maximum atomic E-state index is 13.3. The number of halogens is 1. The molecule has 2 atom stereocenters. The first-order valence-electron chi connectivity index (χ1n) is 10.1. The normalized spacial score (nSPS) is 23.2. The van der Waals surface area contributed by atoms with Gasteiger partial charge in [0.2, 0.25) is 0 Å². The Morgan fingerprint density at radius 3 is 2.61 bits per heavy atom. The zero-order chi connectivity index (χ0) is 20.3. The Morgan fingerprint density at radius 2 is 2.00 bits per heavy atom. The van der Waals surface area contributed by atoms with Crippen LogP contribution in [0, 0.1) is 17.8 Å². The molecule has 1 heterocycles. The van der Waals surface area contributed by atoms with Gasteiger partial charge in [-0.1, -0.05) is 69.4 Å². The second kappa shape index (κ2) is 9.29. The Labute approximate surface area is 179 Å². The van der Waals surface area contributed by atoms with Crippen molar-refractivity contribution in [1.29, 1.82) is 0 Å². The molecular weight excluding hydrogens is 459 g/mol. The van der Waals surface area contributed by atoms with E-state index >= 15 is 0 Å².